The van der Waals surface area contributed by atoms with Gasteiger partial charge in [0.1, 0.15) is 0 Å². The first-order valence-corrected chi connectivity index (χ1v) is 6.98. The molecule has 0 atom stereocenters. The number of anilines is 1. The Morgan fingerprint density at radius 1 is 1.15 bits per heavy atom. The normalized spacial score (nSPS) is 11.3. The standard InChI is InChI=1S/C16H27N3O/c1-16(2,17)11-10-15(20)19(5)12-13-6-8-14(9-7-13)18(3)4/h6-9H,10-12,17H2,1-5H3. The molecule has 0 bridgehead atoms. The second kappa shape index (κ2) is 6.75. The minimum Gasteiger partial charge on any atom is -0.378 e. The van der Waals surface area contributed by atoms with E-state index in [1.807, 2.05) is 35.0 Å². The number of hydrogen-bond donors (Lipinski definition) is 1. The molecule has 1 rings (SSSR count). The van der Waals surface area contributed by atoms with Gasteiger partial charge in [-0.15, -0.1) is 0 Å². The Morgan fingerprint density at radius 3 is 2.15 bits per heavy atom. The van der Waals surface area contributed by atoms with Crippen LogP contribution >= 0.6 is 0 Å². The first-order valence-electron chi connectivity index (χ1n) is 6.98. The predicted octanol–water partition coefficient (Wildman–Crippen LogP) is 2.23. The average molecular weight is 277 g/mol. The van der Waals surface area contributed by atoms with Gasteiger partial charge in [-0.1, -0.05) is 12.1 Å². The molecule has 0 aromatic heterocycles. The summed E-state index contributed by atoms with van der Waals surface area (Å²) >= 11 is 0. The lowest BCUT2D eigenvalue weighted by Crippen LogP contribution is -2.34. The highest BCUT2D eigenvalue weighted by Crippen LogP contribution is 2.14. The first-order chi connectivity index (χ1) is 9.19. The van der Waals surface area contributed by atoms with Gasteiger partial charge in [0.05, 0.1) is 0 Å². The Hall–Kier alpha value is -1.55. The lowest BCUT2D eigenvalue weighted by Gasteiger charge is -2.22. The molecule has 1 amide bonds. The van der Waals surface area contributed by atoms with Crippen LogP contribution < -0.4 is 10.6 Å². The van der Waals surface area contributed by atoms with E-state index in [9.17, 15) is 4.79 Å². The molecule has 0 aliphatic heterocycles. The summed E-state index contributed by atoms with van der Waals surface area (Å²) in [4.78, 5) is 15.8. The van der Waals surface area contributed by atoms with Crippen molar-refractivity contribution in [3.8, 4) is 0 Å². The summed E-state index contributed by atoms with van der Waals surface area (Å²) in [7, 11) is 5.87. The molecule has 2 N–H and O–H groups in total. The van der Waals surface area contributed by atoms with Gasteiger partial charge in [-0.2, -0.15) is 0 Å². The van der Waals surface area contributed by atoms with E-state index in [4.69, 9.17) is 5.73 Å². The number of nitrogens with two attached hydrogens (primary N) is 1. The molecule has 0 unspecified atom stereocenters. The Balaban J connectivity index is 2.53. The fourth-order valence-corrected chi connectivity index (χ4v) is 1.88. The van der Waals surface area contributed by atoms with Gasteiger partial charge in [0.2, 0.25) is 5.91 Å². The van der Waals surface area contributed by atoms with E-state index in [0.717, 1.165) is 11.3 Å². The average Bonchev–Trinajstić information content (AvgIpc) is 2.35. The van der Waals surface area contributed by atoms with Crippen molar-refractivity contribution in [3.63, 3.8) is 0 Å². The molecule has 0 saturated heterocycles. The molecule has 112 valence electrons. The zero-order chi connectivity index (χ0) is 15.3. The van der Waals surface area contributed by atoms with Crippen LogP contribution in [-0.2, 0) is 11.3 Å². The number of benzene rings is 1. The number of carbonyl (C=O) groups is 1. The van der Waals surface area contributed by atoms with Crippen molar-refractivity contribution < 1.29 is 4.79 Å². The third kappa shape index (κ3) is 5.61. The monoisotopic (exact) mass is 277 g/mol. The number of amides is 1. The summed E-state index contributed by atoms with van der Waals surface area (Å²) in [6.07, 6.45) is 1.20. The maximum absolute atomic E-state index is 12.0. The molecule has 0 radical (unpaired) electrons. The van der Waals surface area contributed by atoms with Gasteiger partial charge in [-0.25, -0.2) is 0 Å². The Bertz CT molecular complexity index is 432. The van der Waals surface area contributed by atoms with Crippen LogP contribution in [0.5, 0.6) is 0 Å². The van der Waals surface area contributed by atoms with Gasteiger partial charge in [-0.05, 0) is 38.0 Å². The molecule has 0 aliphatic rings. The maximum atomic E-state index is 12.0. The van der Waals surface area contributed by atoms with Crippen LogP contribution in [0.3, 0.4) is 0 Å². The summed E-state index contributed by atoms with van der Waals surface area (Å²) in [6.45, 7) is 4.53. The third-order valence-corrected chi connectivity index (χ3v) is 3.28. The van der Waals surface area contributed by atoms with E-state index >= 15 is 0 Å². The van der Waals surface area contributed by atoms with Crippen molar-refractivity contribution in [3.05, 3.63) is 29.8 Å². The summed E-state index contributed by atoms with van der Waals surface area (Å²) in [5.74, 6) is 0.139. The number of rotatable bonds is 6. The van der Waals surface area contributed by atoms with Crippen LogP contribution in [0.2, 0.25) is 0 Å². The second-order valence-electron chi connectivity index (χ2n) is 6.30. The van der Waals surface area contributed by atoms with Crippen molar-refractivity contribution >= 4 is 11.6 Å². The first kappa shape index (κ1) is 16.5. The quantitative estimate of drug-likeness (QED) is 0.867. The minimum atomic E-state index is -0.288. The van der Waals surface area contributed by atoms with Crippen LogP contribution in [0.15, 0.2) is 24.3 Å². The molecule has 0 aliphatic carbocycles. The fourth-order valence-electron chi connectivity index (χ4n) is 1.88. The molecule has 0 saturated carbocycles. The SMILES string of the molecule is CN(Cc1ccc(N(C)C)cc1)C(=O)CCC(C)(C)N. The Kier molecular flexibility index (Phi) is 5.57. The smallest absolute Gasteiger partial charge is 0.222 e. The highest BCUT2D eigenvalue weighted by Gasteiger charge is 2.15. The van der Waals surface area contributed by atoms with Crippen LogP contribution in [-0.4, -0.2) is 37.5 Å². The van der Waals surface area contributed by atoms with Gasteiger partial charge >= 0.3 is 0 Å². The van der Waals surface area contributed by atoms with E-state index < -0.39 is 0 Å². The molecule has 0 fully saturated rings. The third-order valence-electron chi connectivity index (χ3n) is 3.28. The van der Waals surface area contributed by atoms with Crippen LogP contribution in [0.1, 0.15) is 32.3 Å². The molecule has 4 nitrogen and oxygen atoms in total. The predicted molar refractivity (Wildman–Crippen MR) is 84.7 cm³/mol. The van der Waals surface area contributed by atoms with Crippen LogP contribution in [0, 0.1) is 0 Å². The van der Waals surface area contributed by atoms with E-state index in [0.29, 0.717) is 19.4 Å². The topological polar surface area (TPSA) is 49.6 Å². The number of carbonyl (C=O) groups excluding carboxylic acids is 1. The molecule has 1 aromatic rings. The van der Waals surface area contributed by atoms with Crippen molar-refractivity contribution in [2.24, 2.45) is 5.73 Å². The summed E-state index contributed by atoms with van der Waals surface area (Å²) < 4.78 is 0. The number of nitrogens with zero attached hydrogens (tertiary/aromatic N) is 2. The summed E-state index contributed by atoms with van der Waals surface area (Å²) in [6, 6.07) is 8.26. The largest absolute Gasteiger partial charge is 0.378 e. The molecule has 1 aromatic carbocycles. The molecule has 4 heteroatoms. The van der Waals surface area contributed by atoms with Crippen LogP contribution in [0.4, 0.5) is 5.69 Å². The van der Waals surface area contributed by atoms with Crippen molar-refractivity contribution in [2.75, 3.05) is 26.0 Å². The number of hydrogen-bond acceptors (Lipinski definition) is 3. The second-order valence-corrected chi connectivity index (χ2v) is 6.30. The van der Waals surface area contributed by atoms with Gasteiger partial charge < -0.3 is 15.5 Å². The molecular formula is C16H27N3O. The molecule has 0 heterocycles. The van der Waals surface area contributed by atoms with Gasteiger partial charge in [0.25, 0.3) is 0 Å². The fraction of sp³-hybridized carbons (Fsp3) is 0.562. The molecule has 20 heavy (non-hydrogen) atoms. The lowest BCUT2D eigenvalue weighted by atomic mass is 10.00. The zero-order valence-electron chi connectivity index (χ0n) is 13.3. The highest BCUT2D eigenvalue weighted by atomic mass is 16.2. The molecule has 0 spiro atoms. The molecular weight excluding hydrogens is 250 g/mol. The minimum absolute atomic E-state index is 0.139. The highest BCUT2D eigenvalue weighted by molar-refractivity contribution is 5.76. The summed E-state index contributed by atoms with van der Waals surface area (Å²) in [5.41, 5.74) is 7.92. The van der Waals surface area contributed by atoms with E-state index in [1.54, 1.807) is 4.90 Å². The van der Waals surface area contributed by atoms with Crippen molar-refractivity contribution in [2.45, 2.75) is 38.8 Å². The van der Waals surface area contributed by atoms with Gasteiger partial charge in [0, 0.05) is 45.3 Å². The maximum Gasteiger partial charge on any atom is 0.222 e. The van der Waals surface area contributed by atoms with Crippen molar-refractivity contribution in [1.82, 2.24) is 4.90 Å². The van der Waals surface area contributed by atoms with Crippen molar-refractivity contribution in [1.29, 1.82) is 0 Å². The summed E-state index contributed by atoms with van der Waals surface area (Å²) in [5, 5.41) is 0. The zero-order valence-corrected chi connectivity index (χ0v) is 13.3. The van der Waals surface area contributed by atoms with Gasteiger partial charge in [-0.3, -0.25) is 4.79 Å². The van der Waals surface area contributed by atoms with Crippen LogP contribution in [0.25, 0.3) is 0 Å². The Morgan fingerprint density at radius 2 is 1.70 bits per heavy atom. The van der Waals surface area contributed by atoms with E-state index in [2.05, 4.69) is 29.2 Å². The van der Waals surface area contributed by atoms with E-state index in [1.165, 1.54) is 0 Å². The van der Waals surface area contributed by atoms with Gasteiger partial charge in [0.15, 0.2) is 0 Å². The van der Waals surface area contributed by atoms with E-state index in [-0.39, 0.29) is 11.4 Å². The lowest BCUT2D eigenvalue weighted by molar-refractivity contribution is -0.130. The Labute approximate surface area is 122 Å².